The zero-order valence-electron chi connectivity index (χ0n) is 15.0. The van der Waals surface area contributed by atoms with Gasteiger partial charge in [-0.05, 0) is 43.3 Å². The molecule has 3 rings (SSSR count). The van der Waals surface area contributed by atoms with Gasteiger partial charge in [0.25, 0.3) is 5.91 Å². The summed E-state index contributed by atoms with van der Waals surface area (Å²) >= 11 is 5.83. The summed E-state index contributed by atoms with van der Waals surface area (Å²) in [6.07, 6.45) is 2.79. The van der Waals surface area contributed by atoms with Gasteiger partial charge in [0, 0.05) is 23.1 Å². The fourth-order valence-electron chi connectivity index (χ4n) is 2.35. The van der Waals surface area contributed by atoms with Crippen LogP contribution >= 0.6 is 11.6 Å². The molecular weight excluding hydrogens is 380 g/mol. The second-order valence-corrected chi connectivity index (χ2v) is 6.08. The maximum Gasteiger partial charge on any atom is 0.340 e. The molecule has 8 heteroatoms. The lowest BCUT2D eigenvalue weighted by atomic mass is 10.2. The minimum Gasteiger partial charge on any atom is -0.462 e. The zero-order valence-corrected chi connectivity index (χ0v) is 15.7. The average Bonchev–Trinajstić information content (AvgIpc) is 2.71. The second-order valence-electron chi connectivity index (χ2n) is 5.65. The standard InChI is InChI=1S/C20H17ClN4O3/c1-2-28-19(27)16-5-3-4-6-17(16)25-20-22-11-13(12-23-20)18(26)24-15-9-7-14(21)8-10-15/h3-12H,2H2,1H3,(H,24,26)(H,22,23,25). The zero-order chi connectivity index (χ0) is 19.9. The second kappa shape index (κ2) is 8.96. The van der Waals surface area contributed by atoms with E-state index in [1.54, 1.807) is 55.5 Å². The number of carbonyl (C=O) groups excluding carboxylic acids is 2. The van der Waals surface area contributed by atoms with Gasteiger partial charge in [0.1, 0.15) is 0 Å². The Kier molecular flexibility index (Phi) is 6.18. The van der Waals surface area contributed by atoms with Gasteiger partial charge in [-0.2, -0.15) is 0 Å². The predicted molar refractivity (Wildman–Crippen MR) is 107 cm³/mol. The van der Waals surface area contributed by atoms with Crippen molar-refractivity contribution in [2.45, 2.75) is 6.92 Å². The highest BCUT2D eigenvalue weighted by Crippen LogP contribution is 2.20. The molecule has 0 aliphatic heterocycles. The number of benzene rings is 2. The van der Waals surface area contributed by atoms with Crippen molar-refractivity contribution in [1.82, 2.24) is 9.97 Å². The maximum absolute atomic E-state index is 12.3. The molecular formula is C20H17ClN4O3. The first-order chi connectivity index (χ1) is 13.6. The van der Waals surface area contributed by atoms with Gasteiger partial charge in [0.05, 0.1) is 23.4 Å². The number of nitrogens with one attached hydrogen (secondary N) is 2. The lowest BCUT2D eigenvalue weighted by Gasteiger charge is -2.10. The fraction of sp³-hybridized carbons (Fsp3) is 0.100. The number of hydrogen-bond donors (Lipinski definition) is 2. The molecule has 0 fully saturated rings. The molecule has 0 atom stereocenters. The van der Waals surface area contributed by atoms with E-state index in [1.165, 1.54) is 12.4 Å². The molecule has 1 heterocycles. The number of carbonyl (C=O) groups is 2. The van der Waals surface area contributed by atoms with Crippen molar-refractivity contribution < 1.29 is 14.3 Å². The van der Waals surface area contributed by atoms with Gasteiger partial charge in [-0.3, -0.25) is 4.79 Å². The van der Waals surface area contributed by atoms with Crippen LogP contribution in [0.4, 0.5) is 17.3 Å². The number of halogens is 1. The van der Waals surface area contributed by atoms with Gasteiger partial charge < -0.3 is 15.4 Å². The van der Waals surface area contributed by atoms with Crippen molar-refractivity contribution >= 4 is 40.8 Å². The van der Waals surface area contributed by atoms with Gasteiger partial charge in [0.2, 0.25) is 5.95 Å². The van der Waals surface area contributed by atoms with Crippen LogP contribution in [0.15, 0.2) is 60.9 Å². The first-order valence-corrected chi connectivity index (χ1v) is 8.86. The van der Waals surface area contributed by atoms with Crippen molar-refractivity contribution in [1.29, 1.82) is 0 Å². The van der Waals surface area contributed by atoms with Gasteiger partial charge in [0.15, 0.2) is 0 Å². The van der Waals surface area contributed by atoms with Crippen molar-refractivity contribution in [2.75, 3.05) is 17.2 Å². The summed E-state index contributed by atoms with van der Waals surface area (Å²) in [6.45, 7) is 2.02. The lowest BCUT2D eigenvalue weighted by Crippen LogP contribution is -2.13. The SMILES string of the molecule is CCOC(=O)c1ccccc1Nc1ncc(C(=O)Nc2ccc(Cl)cc2)cn1. The largest absolute Gasteiger partial charge is 0.462 e. The predicted octanol–water partition coefficient (Wildman–Crippen LogP) is 4.30. The van der Waals surface area contributed by atoms with E-state index in [9.17, 15) is 9.59 Å². The van der Waals surface area contributed by atoms with E-state index in [0.29, 0.717) is 27.5 Å². The van der Waals surface area contributed by atoms with Gasteiger partial charge >= 0.3 is 5.97 Å². The van der Waals surface area contributed by atoms with E-state index in [4.69, 9.17) is 16.3 Å². The molecule has 142 valence electrons. The Balaban J connectivity index is 1.70. The summed E-state index contributed by atoms with van der Waals surface area (Å²) < 4.78 is 5.04. The quantitative estimate of drug-likeness (QED) is 0.603. The third-order valence-electron chi connectivity index (χ3n) is 3.69. The summed E-state index contributed by atoms with van der Waals surface area (Å²) in [4.78, 5) is 32.6. The number of rotatable bonds is 6. The number of hydrogen-bond acceptors (Lipinski definition) is 6. The first-order valence-electron chi connectivity index (χ1n) is 8.49. The molecule has 0 bridgehead atoms. The van der Waals surface area contributed by atoms with E-state index in [1.807, 2.05) is 0 Å². The molecule has 0 aliphatic rings. The van der Waals surface area contributed by atoms with Crippen LogP contribution in [0.2, 0.25) is 5.02 Å². The summed E-state index contributed by atoms with van der Waals surface area (Å²) in [7, 11) is 0. The Morgan fingerprint density at radius 2 is 1.71 bits per heavy atom. The number of esters is 1. The molecule has 2 aromatic carbocycles. The van der Waals surface area contributed by atoms with E-state index < -0.39 is 5.97 Å². The highest BCUT2D eigenvalue weighted by molar-refractivity contribution is 6.30. The van der Waals surface area contributed by atoms with Crippen molar-refractivity contribution in [3.8, 4) is 0 Å². The Hall–Kier alpha value is -3.45. The summed E-state index contributed by atoms with van der Waals surface area (Å²) in [5, 5.41) is 6.28. The van der Waals surface area contributed by atoms with Crippen LogP contribution in [-0.4, -0.2) is 28.5 Å². The lowest BCUT2D eigenvalue weighted by molar-refractivity contribution is 0.0527. The minimum atomic E-state index is -0.440. The first kappa shape index (κ1) is 19.3. The molecule has 0 spiro atoms. The number of ether oxygens (including phenoxy) is 1. The van der Waals surface area contributed by atoms with E-state index in [0.717, 1.165) is 0 Å². The number of anilines is 3. The Labute approximate surface area is 166 Å². The van der Waals surface area contributed by atoms with Crippen LogP contribution in [-0.2, 0) is 4.74 Å². The molecule has 7 nitrogen and oxygen atoms in total. The molecule has 0 saturated heterocycles. The molecule has 0 saturated carbocycles. The Bertz CT molecular complexity index is 976. The van der Waals surface area contributed by atoms with E-state index in [2.05, 4.69) is 20.6 Å². The van der Waals surface area contributed by atoms with Crippen LogP contribution in [0.25, 0.3) is 0 Å². The normalized spacial score (nSPS) is 10.2. The highest BCUT2D eigenvalue weighted by atomic mass is 35.5. The summed E-state index contributed by atoms with van der Waals surface area (Å²) in [6, 6.07) is 13.6. The van der Waals surface area contributed by atoms with Gasteiger partial charge in [-0.25, -0.2) is 14.8 Å². The molecule has 1 amide bonds. The topological polar surface area (TPSA) is 93.2 Å². The van der Waals surface area contributed by atoms with Gasteiger partial charge in [-0.15, -0.1) is 0 Å². The van der Waals surface area contributed by atoms with Crippen molar-refractivity contribution in [3.05, 3.63) is 77.1 Å². The molecule has 0 radical (unpaired) electrons. The van der Waals surface area contributed by atoms with E-state index in [-0.39, 0.29) is 18.5 Å². The third kappa shape index (κ3) is 4.83. The third-order valence-corrected chi connectivity index (χ3v) is 3.94. The van der Waals surface area contributed by atoms with Crippen LogP contribution in [0, 0.1) is 0 Å². The highest BCUT2D eigenvalue weighted by Gasteiger charge is 2.13. The fourth-order valence-corrected chi connectivity index (χ4v) is 2.47. The summed E-state index contributed by atoms with van der Waals surface area (Å²) in [5.74, 6) is -0.537. The van der Waals surface area contributed by atoms with Crippen molar-refractivity contribution in [2.24, 2.45) is 0 Å². The number of aromatic nitrogens is 2. The smallest absolute Gasteiger partial charge is 0.340 e. The molecule has 1 aromatic heterocycles. The molecule has 28 heavy (non-hydrogen) atoms. The molecule has 0 unspecified atom stereocenters. The van der Waals surface area contributed by atoms with Crippen LogP contribution < -0.4 is 10.6 Å². The van der Waals surface area contributed by atoms with Crippen LogP contribution in [0.5, 0.6) is 0 Å². The minimum absolute atomic E-state index is 0.250. The summed E-state index contributed by atoms with van der Waals surface area (Å²) in [5.41, 5.74) is 1.79. The Morgan fingerprint density at radius 3 is 2.39 bits per heavy atom. The number of amides is 1. The van der Waals surface area contributed by atoms with Gasteiger partial charge in [-0.1, -0.05) is 23.7 Å². The molecule has 3 aromatic rings. The molecule has 2 N–H and O–H groups in total. The van der Waals surface area contributed by atoms with Crippen molar-refractivity contribution in [3.63, 3.8) is 0 Å². The molecule has 0 aliphatic carbocycles. The Morgan fingerprint density at radius 1 is 1.04 bits per heavy atom. The van der Waals surface area contributed by atoms with Crippen LogP contribution in [0.3, 0.4) is 0 Å². The number of para-hydroxylation sites is 1. The maximum atomic E-state index is 12.3. The average molecular weight is 397 g/mol. The monoisotopic (exact) mass is 396 g/mol. The van der Waals surface area contributed by atoms with Crippen LogP contribution in [0.1, 0.15) is 27.6 Å². The number of nitrogens with zero attached hydrogens (tertiary/aromatic N) is 2. The van der Waals surface area contributed by atoms with E-state index >= 15 is 0 Å².